The molecule has 2 N–H and O–H groups in total. The topological polar surface area (TPSA) is 63.5 Å². The number of aliphatic hydroxyl groups is 1. The molecule has 1 heterocycles. The van der Waals surface area contributed by atoms with E-state index < -0.39 is 11.7 Å². The van der Waals surface area contributed by atoms with Gasteiger partial charge in [0.25, 0.3) is 0 Å². The Hall–Kier alpha value is -2.84. The normalized spacial score (nSPS) is 11.7. The maximum Gasteiger partial charge on any atom is 0.416 e. The number of aliphatic hydroxyl groups excluding tert-OH is 1. The number of amides is 1. The molecule has 0 bridgehead atoms. The van der Waals surface area contributed by atoms with Crippen molar-refractivity contribution in [3.8, 4) is 0 Å². The molecule has 0 radical (unpaired) electrons. The van der Waals surface area contributed by atoms with Crippen molar-refractivity contribution in [3.63, 3.8) is 0 Å². The smallest absolute Gasteiger partial charge is 0.394 e. The first-order valence-electron chi connectivity index (χ1n) is 9.10. The van der Waals surface area contributed by atoms with Gasteiger partial charge in [0.1, 0.15) is 0 Å². The summed E-state index contributed by atoms with van der Waals surface area (Å²) in [5.41, 5.74) is 1.66. The van der Waals surface area contributed by atoms with E-state index in [0.717, 1.165) is 28.6 Å². The number of rotatable bonds is 8. The van der Waals surface area contributed by atoms with E-state index in [0.29, 0.717) is 12.2 Å². The summed E-state index contributed by atoms with van der Waals surface area (Å²) in [6, 6.07) is 12.5. The lowest BCUT2D eigenvalue weighted by Crippen LogP contribution is -2.14. The number of carbonyl (C=O) groups excluding carboxylic acids is 1. The Bertz CT molecular complexity index is 965. The molecule has 0 saturated carbocycles. The summed E-state index contributed by atoms with van der Waals surface area (Å²) in [6.07, 6.45) is -2.30. The average molecular weight is 406 g/mol. The van der Waals surface area contributed by atoms with Crippen LogP contribution in [0.25, 0.3) is 10.9 Å². The van der Waals surface area contributed by atoms with Gasteiger partial charge in [-0.1, -0.05) is 12.1 Å². The molecule has 8 heteroatoms. The molecular formula is C21H21F3N2O3. The zero-order chi connectivity index (χ0) is 20.9. The number of anilines is 1. The Kier molecular flexibility index (Phi) is 6.56. The van der Waals surface area contributed by atoms with Crippen LogP contribution >= 0.6 is 0 Å². The van der Waals surface area contributed by atoms with Crippen LogP contribution in [0.1, 0.15) is 17.5 Å². The van der Waals surface area contributed by atoms with Crippen LogP contribution in [-0.2, 0) is 22.3 Å². The third kappa shape index (κ3) is 5.58. The van der Waals surface area contributed by atoms with Gasteiger partial charge in [-0.05, 0) is 42.0 Å². The van der Waals surface area contributed by atoms with Crippen LogP contribution < -0.4 is 5.32 Å². The lowest BCUT2D eigenvalue weighted by atomic mass is 10.1. The quantitative estimate of drug-likeness (QED) is 0.555. The lowest BCUT2D eigenvalue weighted by molar-refractivity contribution is -0.137. The molecule has 0 spiro atoms. The second-order valence-corrected chi connectivity index (χ2v) is 6.55. The fraction of sp³-hybridized carbons (Fsp3) is 0.286. The van der Waals surface area contributed by atoms with Crippen LogP contribution in [0.4, 0.5) is 18.9 Å². The van der Waals surface area contributed by atoms with E-state index in [4.69, 9.17) is 9.84 Å². The summed E-state index contributed by atoms with van der Waals surface area (Å²) in [5, 5.41) is 12.3. The second kappa shape index (κ2) is 9.11. The third-order valence-corrected chi connectivity index (χ3v) is 4.40. The predicted octanol–water partition coefficient (Wildman–Crippen LogP) is 4.05. The molecule has 2 aromatic carbocycles. The molecule has 1 amide bonds. The molecule has 0 aliphatic rings. The van der Waals surface area contributed by atoms with Crippen LogP contribution in [-0.4, -0.2) is 35.4 Å². The van der Waals surface area contributed by atoms with Crippen molar-refractivity contribution in [2.24, 2.45) is 0 Å². The number of nitrogens with one attached hydrogen (secondary N) is 1. The van der Waals surface area contributed by atoms with Gasteiger partial charge in [0.05, 0.1) is 31.8 Å². The van der Waals surface area contributed by atoms with Crippen LogP contribution in [0, 0.1) is 0 Å². The number of carbonyl (C=O) groups is 1. The molecule has 5 nitrogen and oxygen atoms in total. The minimum atomic E-state index is -4.34. The number of alkyl halides is 3. The zero-order valence-electron chi connectivity index (χ0n) is 15.6. The summed E-state index contributed by atoms with van der Waals surface area (Å²) < 4.78 is 45.1. The number of aromatic nitrogens is 1. The van der Waals surface area contributed by atoms with Gasteiger partial charge in [0.15, 0.2) is 0 Å². The second-order valence-electron chi connectivity index (χ2n) is 6.55. The van der Waals surface area contributed by atoms with E-state index in [1.165, 1.54) is 12.1 Å². The highest BCUT2D eigenvalue weighted by Crippen LogP contribution is 2.29. The highest BCUT2D eigenvalue weighted by atomic mass is 19.4. The van der Waals surface area contributed by atoms with Crippen molar-refractivity contribution < 1.29 is 27.8 Å². The molecule has 0 atom stereocenters. The Morgan fingerprint density at radius 3 is 2.52 bits per heavy atom. The molecule has 3 rings (SSSR count). The largest absolute Gasteiger partial charge is 0.416 e. The van der Waals surface area contributed by atoms with E-state index >= 15 is 0 Å². The van der Waals surface area contributed by atoms with Gasteiger partial charge >= 0.3 is 6.18 Å². The molecule has 0 fully saturated rings. The summed E-state index contributed by atoms with van der Waals surface area (Å²) in [4.78, 5) is 11.9. The van der Waals surface area contributed by atoms with E-state index in [-0.39, 0.29) is 32.1 Å². The third-order valence-electron chi connectivity index (χ3n) is 4.40. The molecule has 29 heavy (non-hydrogen) atoms. The molecule has 154 valence electrons. The van der Waals surface area contributed by atoms with Crippen LogP contribution in [0.2, 0.25) is 0 Å². The van der Waals surface area contributed by atoms with E-state index in [1.54, 1.807) is 6.07 Å². The predicted molar refractivity (Wildman–Crippen MR) is 104 cm³/mol. The number of benzene rings is 2. The fourth-order valence-electron chi connectivity index (χ4n) is 2.97. The van der Waals surface area contributed by atoms with Gasteiger partial charge in [-0.3, -0.25) is 4.79 Å². The molecule has 3 aromatic rings. The van der Waals surface area contributed by atoms with Crippen molar-refractivity contribution in [3.05, 3.63) is 65.9 Å². The maximum absolute atomic E-state index is 12.7. The summed E-state index contributed by atoms with van der Waals surface area (Å²) >= 11 is 0. The van der Waals surface area contributed by atoms with Gasteiger partial charge in [-0.2, -0.15) is 13.2 Å². The van der Waals surface area contributed by atoms with Gasteiger partial charge in [0.2, 0.25) is 5.91 Å². The van der Waals surface area contributed by atoms with Gasteiger partial charge < -0.3 is 19.7 Å². The summed E-state index contributed by atoms with van der Waals surface area (Å²) in [6.45, 7) is 0.793. The molecular weight excluding hydrogens is 385 g/mol. The monoisotopic (exact) mass is 406 g/mol. The maximum atomic E-state index is 12.7. The number of ether oxygens (including phenoxy) is 1. The lowest BCUT2D eigenvalue weighted by Gasteiger charge is -2.10. The van der Waals surface area contributed by atoms with Crippen LogP contribution in [0.15, 0.2) is 54.7 Å². The first-order chi connectivity index (χ1) is 13.9. The molecule has 0 unspecified atom stereocenters. The van der Waals surface area contributed by atoms with Crippen LogP contribution in [0.5, 0.6) is 0 Å². The highest BCUT2D eigenvalue weighted by Gasteiger charge is 2.29. The fourth-order valence-corrected chi connectivity index (χ4v) is 2.97. The first kappa shape index (κ1) is 20.9. The SMILES string of the molecule is O=C(CCOCCO)Nc1ccc2c(ccn2Cc2ccc(C(F)(F)F)cc2)c1. The number of hydrogen-bond donors (Lipinski definition) is 2. The Morgan fingerprint density at radius 1 is 1.07 bits per heavy atom. The standard InChI is InChI=1S/C21H21F3N2O3/c22-21(23,24)17-3-1-15(2-4-17)14-26-9-7-16-13-18(5-6-19(16)26)25-20(28)8-11-29-12-10-27/h1-7,9,13,27H,8,10-12,14H2,(H,25,28). The average Bonchev–Trinajstić information content (AvgIpc) is 3.07. The number of hydrogen-bond acceptors (Lipinski definition) is 3. The Labute approximate surface area is 165 Å². The molecule has 0 saturated heterocycles. The molecule has 0 aliphatic carbocycles. The minimum absolute atomic E-state index is 0.0816. The number of halogens is 3. The van der Waals surface area contributed by atoms with Crippen molar-refractivity contribution in [2.45, 2.75) is 19.1 Å². The Morgan fingerprint density at radius 2 is 1.83 bits per heavy atom. The Balaban J connectivity index is 1.65. The van der Waals surface area contributed by atoms with E-state index in [9.17, 15) is 18.0 Å². The number of fused-ring (bicyclic) bond motifs is 1. The molecule has 1 aromatic heterocycles. The van der Waals surface area contributed by atoms with Gasteiger partial charge in [-0.15, -0.1) is 0 Å². The van der Waals surface area contributed by atoms with Gasteiger partial charge in [-0.25, -0.2) is 0 Å². The van der Waals surface area contributed by atoms with E-state index in [1.807, 2.05) is 29.0 Å². The first-order valence-corrected chi connectivity index (χ1v) is 9.10. The highest BCUT2D eigenvalue weighted by molar-refractivity contribution is 5.94. The zero-order valence-corrected chi connectivity index (χ0v) is 15.6. The van der Waals surface area contributed by atoms with Crippen molar-refractivity contribution in [1.29, 1.82) is 0 Å². The van der Waals surface area contributed by atoms with Crippen molar-refractivity contribution in [1.82, 2.24) is 4.57 Å². The van der Waals surface area contributed by atoms with Crippen molar-refractivity contribution >= 4 is 22.5 Å². The van der Waals surface area contributed by atoms with E-state index in [2.05, 4.69) is 5.32 Å². The van der Waals surface area contributed by atoms with Crippen LogP contribution in [0.3, 0.4) is 0 Å². The van der Waals surface area contributed by atoms with Crippen molar-refractivity contribution in [2.75, 3.05) is 25.1 Å². The summed E-state index contributed by atoms with van der Waals surface area (Å²) in [5.74, 6) is -0.188. The number of nitrogens with zero attached hydrogens (tertiary/aromatic N) is 1. The minimum Gasteiger partial charge on any atom is -0.394 e. The molecule has 0 aliphatic heterocycles. The summed E-state index contributed by atoms with van der Waals surface area (Å²) in [7, 11) is 0. The van der Waals surface area contributed by atoms with Gasteiger partial charge in [0, 0.05) is 29.3 Å².